The standard InChI is InChI=1S/C13H12FNOS/c14-12-3-1-2-4-13(12)17(16)10-7-11-5-8-15-9-6-11/h1-6,8-9H,7,10H2. The SMILES string of the molecule is O=S(CCc1ccncc1)c1ccccc1F. The summed E-state index contributed by atoms with van der Waals surface area (Å²) in [4.78, 5) is 4.19. The molecule has 2 nitrogen and oxygen atoms in total. The first-order chi connectivity index (χ1) is 8.27. The maximum atomic E-state index is 13.4. The van der Waals surface area contributed by atoms with Crippen LogP contribution in [-0.4, -0.2) is 14.9 Å². The van der Waals surface area contributed by atoms with Crippen LogP contribution in [-0.2, 0) is 17.2 Å². The highest BCUT2D eigenvalue weighted by molar-refractivity contribution is 7.85. The van der Waals surface area contributed by atoms with E-state index in [4.69, 9.17) is 0 Å². The Morgan fingerprint density at radius 2 is 1.82 bits per heavy atom. The molecule has 1 unspecified atom stereocenters. The molecule has 1 aromatic carbocycles. The van der Waals surface area contributed by atoms with E-state index < -0.39 is 16.6 Å². The molecule has 0 fully saturated rings. The van der Waals surface area contributed by atoms with E-state index in [1.807, 2.05) is 12.1 Å². The summed E-state index contributed by atoms with van der Waals surface area (Å²) in [5.41, 5.74) is 1.06. The van der Waals surface area contributed by atoms with Gasteiger partial charge >= 0.3 is 0 Å². The van der Waals surface area contributed by atoms with E-state index in [0.29, 0.717) is 12.2 Å². The minimum atomic E-state index is -1.29. The lowest BCUT2D eigenvalue weighted by Crippen LogP contribution is -2.03. The summed E-state index contributed by atoms with van der Waals surface area (Å²) in [5.74, 6) is 0.0193. The Morgan fingerprint density at radius 3 is 2.53 bits per heavy atom. The lowest BCUT2D eigenvalue weighted by atomic mass is 10.2. The van der Waals surface area contributed by atoms with E-state index >= 15 is 0 Å². The number of hydrogen-bond acceptors (Lipinski definition) is 2. The second-order valence-corrected chi connectivity index (χ2v) is 5.12. The molecule has 0 saturated heterocycles. The fraction of sp³-hybridized carbons (Fsp3) is 0.154. The molecular weight excluding hydrogens is 237 g/mol. The van der Waals surface area contributed by atoms with Gasteiger partial charge in [0.1, 0.15) is 5.82 Å². The molecular formula is C13H12FNOS. The number of aryl methyl sites for hydroxylation is 1. The normalized spacial score (nSPS) is 12.3. The van der Waals surface area contributed by atoms with Crippen LogP contribution in [0.15, 0.2) is 53.7 Å². The quantitative estimate of drug-likeness (QED) is 0.833. The molecule has 1 heterocycles. The average molecular weight is 249 g/mol. The predicted octanol–water partition coefficient (Wildman–Crippen LogP) is 2.57. The minimum Gasteiger partial charge on any atom is -0.265 e. The third-order valence-corrected chi connectivity index (χ3v) is 3.80. The summed E-state index contributed by atoms with van der Waals surface area (Å²) in [6.45, 7) is 0. The number of rotatable bonds is 4. The Kier molecular flexibility index (Phi) is 3.98. The Morgan fingerprint density at radius 1 is 1.12 bits per heavy atom. The molecule has 0 amide bonds. The van der Waals surface area contributed by atoms with Crippen molar-refractivity contribution >= 4 is 10.8 Å². The highest BCUT2D eigenvalue weighted by Gasteiger charge is 2.08. The molecule has 0 radical (unpaired) electrons. The first-order valence-corrected chi connectivity index (χ1v) is 6.61. The second kappa shape index (κ2) is 5.68. The summed E-state index contributed by atoms with van der Waals surface area (Å²) in [6.07, 6.45) is 4.05. The van der Waals surface area contributed by atoms with Crippen molar-refractivity contribution < 1.29 is 8.60 Å². The number of pyridine rings is 1. The fourth-order valence-corrected chi connectivity index (χ4v) is 2.66. The van der Waals surface area contributed by atoms with Gasteiger partial charge in [-0.3, -0.25) is 9.19 Å². The van der Waals surface area contributed by atoms with Crippen molar-refractivity contribution in [2.45, 2.75) is 11.3 Å². The van der Waals surface area contributed by atoms with Crippen LogP contribution in [0.3, 0.4) is 0 Å². The van der Waals surface area contributed by atoms with Crippen LogP contribution in [0.2, 0.25) is 0 Å². The zero-order chi connectivity index (χ0) is 12.1. The fourth-order valence-electron chi connectivity index (χ4n) is 1.50. The third-order valence-electron chi connectivity index (χ3n) is 2.41. The van der Waals surface area contributed by atoms with Gasteiger partial charge in [-0.2, -0.15) is 0 Å². The summed E-state index contributed by atoms with van der Waals surface area (Å²) in [7, 11) is -1.29. The molecule has 0 N–H and O–H groups in total. The summed E-state index contributed by atoms with van der Waals surface area (Å²) in [6, 6.07) is 9.94. The molecule has 4 heteroatoms. The van der Waals surface area contributed by atoms with Crippen LogP contribution in [0, 0.1) is 5.82 Å². The van der Waals surface area contributed by atoms with Crippen molar-refractivity contribution in [1.29, 1.82) is 0 Å². The Bertz CT molecular complexity index is 516. The van der Waals surface area contributed by atoms with Crippen LogP contribution in [0.1, 0.15) is 5.56 Å². The number of benzene rings is 1. The Balaban J connectivity index is 2.01. The van der Waals surface area contributed by atoms with Crippen molar-refractivity contribution in [3.8, 4) is 0 Å². The lowest BCUT2D eigenvalue weighted by Gasteiger charge is -2.03. The van der Waals surface area contributed by atoms with Gasteiger partial charge in [-0.25, -0.2) is 4.39 Å². The molecule has 17 heavy (non-hydrogen) atoms. The van der Waals surface area contributed by atoms with Crippen LogP contribution < -0.4 is 0 Å². The van der Waals surface area contributed by atoms with E-state index in [1.165, 1.54) is 6.07 Å². The largest absolute Gasteiger partial charge is 0.265 e. The highest BCUT2D eigenvalue weighted by atomic mass is 32.2. The van der Waals surface area contributed by atoms with E-state index in [1.54, 1.807) is 30.6 Å². The predicted molar refractivity (Wildman–Crippen MR) is 65.6 cm³/mol. The zero-order valence-electron chi connectivity index (χ0n) is 9.17. The topological polar surface area (TPSA) is 30.0 Å². The molecule has 0 bridgehead atoms. The number of halogens is 1. The van der Waals surface area contributed by atoms with E-state index in [2.05, 4.69) is 4.98 Å². The van der Waals surface area contributed by atoms with Crippen molar-refractivity contribution in [1.82, 2.24) is 4.98 Å². The van der Waals surface area contributed by atoms with Gasteiger partial charge in [0.25, 0.3) is 0 Å². The van der Waals surface area contributed by atoms with Crippen LogP contribution in [0.4, 0.5) is 4.39 Å². The van der Waals surface area contributed by atoms with Crippen molar-refractivity contribution in [3.63, 3.8) is 0 Å². The van der Waals surface area contributed by atoms with Crippen molar-refractivity contribution in [2.24, 2.45) is 0 Å². The molecule has 0 aliphatic heterocycles. The maximum absolute atomic E-state index is 13.4. The first-order valence-electron chi connectivity index (χ1n) is 5.29. The molecule has 2 rings (SSSR count). The molecule has 0 spiro atoms. The Labute approximate surface area is 102 Å². The summed E-state index contributed by atoms with van der Waals surface area (Å²) in [5, 5.41) is 0. The monoisotopic (exact) mass is 249 g/mol. The van der Waals surface area contributed by atoms with Gasteiger partial charge in [0.2, 0.25) is 0 Å². The number of nitrogens with zero attached hydrogens (tertiary/aromatic N) is 1. The zero-order valence-corrected chi connectivity index (χ0v) is 9.99. The third kappa shape index (κ3) is 3.20. The van der Waals surface area contributed by atoms with Gasteiger partial charge in [0.15, 0.2) is 0 Å². The van der Waals surface area contributed by atoms with Gasteiger partial charge in [0.05, 0.1) is 15.7 Å². The summed E-state index contributed by atoms with van der Waals surface area (Å²) >= 11 is 0. The molecule has 1 atom stereocenters. The van der Waals surface area contributed by atoms with Crippen molar-refractivity contribution in [3.05, 3.63) is 60.2 Å². The van der Waals surface area contributed by atoms with E-state index in [0.717, 1.165) is 5.56 Å². The smallest absolute Gasteiger partial charge is 0.139 e. The first kappa shape index (κ1) is 11.9. The van der Waals surface area contributed by atoms with Gasteiger partial charge in [-0.15, -0.1) is 0 Å². The van der Waals surface area contributed by atoms with Gasteiger partial charge < -0.3 is 0 Å². The maximum Gasteiger partial charge on any atom is 0.139 e. The molecule has 1 aromatic heterocycles. The molecule has 2 aromatic rings. The summed E-state index contributed by atoms with van der Waals surface area (Å²) < 4.78 is 25.3. The van der Waals surface area contributed by atoms with Crippen LogP contribution >= 0.6 is 0 Å². The molecule has 0 aliphatic rings. The molecule has 88 valence electrons. The average Bonchev–Trinajstić information content (AvgIpc) is 2.38. The van der Waals surface area contributed by atoms with Gasteiger partial charge in [0, 0.05) is 18.1 Å². The van der Waals surface area contributed by atoms with Crippen LogP contribution in [0.5, 0.6) is 0 Å². The number of hydrogen-bond donors (Lipinski definition) is 0. The Hall–Kier alpha value is -1.55. The van der Waals surface area contributed by atoms with E-state index in [-0.39, 0.29) is 4.90 Å². The van der Waals surface area contributed by atoms with Crippen LogP contribution in [0.25, 0.3) is 0 Å². The van der Waals surface area contributed by atoms with Gasteiger partial charge in [-0.05, 0) is 36.2 Å². The highest BCUT2D eigenvalue weighted by Crippen LogP contribution is 2.12. The minimum absolute atomic E-state index is 0.279. The number of aromatic nitrogens is 1. The second-order valence-electron chi connectivity index (χ2n) is 3.59. The van der Waals surface area contributed by atoms with Crippen molar-refractivity contribution in [2.75, 3.05) is 5.75 Å². The van der Waals surface area contributed by atoms with Gasteiger partial charge in [-0.1, -0.05) is 12.1 Å². The lowest BCUT2D eigenvalue weighted by molar-refractivity contribution is 0.595. The molecule has 0 aliphatic carbocycles. The van der Waals surface area contributed by atoms with E-state index in [9.17, 15) is 8.60 Å². The molecule has 0 saturated carbocycles.